The van der Waals surface area contributed by atoms with Crippen molar-refractivity contribution in [2.45, 2.75) is 56.8 Å². The first-order valence-electron chi connectivity index (χ1n) is 5.36. The monoisotopic (exact) mass is 250 g/mol. The molecule has 0 unspecified atom stereocenters. The third-order valence-electron chi connectivity index (χ3n) is 3.88. The Balaban J connectivity index is 2.25. The van der Waals surface area contributed by atoms with Crippen molar-refractivity contribution in [1.29, 1.82) is 0 Å². The van der Waals surface area contributed by atoms with Gasteiger partial charge >= 0.3 is 83.5 Å². The van der Waals surface area contributed by atoms with Gasteiger partial charge in [-0.05, 0) is 0 Å². The van der Waals surface area contributed by atoms with E-state index in [0.29, 0.717) is 0 Å². The standard InChI is InChI=1S/C10H19PSe/c1-2-11(12)9-5-3-6-10(11)8-4-7-9/h9-10H,2-8H2,1H3. The maximum absolute atomic E-state index is 3.66. The van der Waals surface area contributed by atoms with E-state index in [0.717, 1.165) is 11.3 Å². The minimum atomic E-state index is -0.584. The molecule has 0 aromatic carbocycles. The van der Waals surface area contributed by atoms with Crippen molar-refractivity contribution in [3.05, 3.63) is 0 Å². The molecule has 0 saturated carbocycles. The van der Waals surface area contributed by atoms with E-state index in [2.05, 4.69) is 22.0 Å². The molecule has 2 rings (SSSR count). The van der Waals surface area contributed by atoms with Gasteiger partial charge in [-0.15, -0.1) is 0 Å². The molecule has 0 aromatic rings. The van der Waals surface area contributed by atoms with Crippen molar-refractivity contribution in [2.24, 2.45) is 0 Å². The van der Waals surface area contributed by atoms with E-state index >= 15 is 0 Å². The van der Waals surface area contributed by atoms with Gasteiger partial charge in [0.1, 0.15) is 0 Å². The fraction of sp³-hybridized carbons (Fsp3) is 1.00. The Hall–Kier alpha value is 0.949. The summed E-state index contributed by atoms with van der Waals surface area (Å²) in [6.07, 6.45) is 10.7. The van der Waals surface area contributed by atoms with Crippen LogP contribution in [0.3, 0.4) is 0 Å². The molecule has 2 saturated heterocycles. The van der Waals surface area contributed by atoms with Crippen LogP contribution in [0, 0.1) is 0 Å². The molecule has 0 aromatic heterocycles. The van der Waals surface area contributed by atoms with Crippen molar-refractivity contribution in [3.63, 3.8) is 0 Å². The van der Waals surface area contributed by atoms with Crippen LogP contribution in [0.15, 0.2) is 0 Å². The van der Waals surface area contributed by atoms with Gasteiger partial charge in [0, 0.05) is 0 Å². The van der Waals surface area contributed by atoms with Crippen molar-refractivity contribution in [2.75, 3.05) is 6.16 Å². The first-order valence-corrected chi connectivity index (χ1v) is 9.68. The average molecular weight is 249 g/mol. The normalized spacial score (nSPS) is 47.4. The molecule has 2 aliphatic rings. The first kappa shape index (κ1) is 9.50. The van der Waals surface area contributed by atoms with Crippen LogP contribution in [0.4, 0.5) is 0 Å². The number of hydrogen-bond acceptors (Lipinski definition) is 0. The summed E-state index contributed by atoms with van der Waals surface area (Å²) in [5.74, 6) is 0. The third-order valence-corrected chi connectivity index (χ3v) is 13.8. The van der Waals surface area contributed by atoms with E-state index < -0.39 is 5.51 Å². The molecule has 2 heteroatoms. The van der Waals surface area contributed by atoms with Crippen LogP contribution >= 0.6 is 5.51 Å². The van der Waals surface area contributed by atoms with Crippen molar-refractivity contribution in [3.8, 4) is 0 Å². The fourth-order valence-corrected chi connectivity index (χ4v) is 9.92. The molecule has 0 nitrogen and oxygen atoms in total. The van der Waals surface area contributed by atoms with Gasteiger partial charge in [-0.25, -0.2) is 0 Å². The van der Waals surface area contributed by atoms with E-state index in [-0.39, 0.29) is 0 Å². The van der Waals surface area contributed by atoms with Gasteiger partial charge in [0.15, 0.2) is 0 Å². The second kappa shape index (κ2) is 3.60. The number of hydrogen-bond donors (Lipinski definition) is 0. The van der Waals surface area contributed by atoms with Crippen LogP contribution in [0.25, 0.3) is 0 Å². The quantitative estimate of drug-likeness (QED) is 0.494. The maximum atomic E-state index is 3.66. The zero-order chi connectivity index (χ0) is 8.60. The van der Waals surface area contributed by atoms with Crippen LogP contribution in [-0.2, 0) is 0 Å². The van der Waals surface area contributed by atoms with E-state index in [9.17, 15) is 0 Å². The molecule has 0 N–H and O–H groups in total. The van der Waals surface area contributed by atoms with Gasteiger partial charge in [0.25, 0.3) is 0 Å². The van der Waals surface area contributed by atoms with Gasteiger partial charge in [-0.2, -0.15) is 0 Å². The predicted molar refractivity (Wildman–Crippen MR) is 58.5 cm³/mol. The second-order valence-electron chi connectivity index (χ2n) is 4.34. The van der Waals surface area contributed by atoms with Gasteiger partial charge in [-0.1, -0.05) is 0 Å². The number of rotatable bonds is 1. The molecular formula is C10H19PSe. The summed E-state index contributed by atoms with van der Waals surface area (Å²) in [7, 11) is 0. The Kier molecular flexibility index (Phi) is 2.85. The molecule has 12 heavy (non-hydrogen) atoms. The second-order valence-corrected chi connectivity index (χ2v) is 12.4. The average Bonchev–Trinajstić information content (AvgIpc) is 2.03. The Morgan fingerprint density at radius 1 is 1.08 bits per heavy atom. The van der Waals surface area contributed by atoms with Crippen molar-refractivity contribution >= 4 is 20.6 Å². The molecule has 2 heterocycles. The molecule has 0 amide bonds. The summed E-state index contributed by atoms with van der Waals surface area (Å²) in [4.78, 5) is 0. The third kappa shape index (κ3) is 1.39. The molecule has 0 spiro atoms. The van der Waals surface area contributed by atoms with Crippen LogP contribution in [0.2, 0.25) is 0 Å². The fourth-order valence-electron chi connectivity index (χ4n) is 3.16. The zero-order valence-corrected chi connectivity index (χ0v) is 10.6. The molecule has 0 atom stereocenters. The van der Waals surface area contributed by atoms with E-state index in [4.69, 9.17) is 0 Å². The molecule has 0 aliphatic carbocycles. The molecule has 70 valence electrons. The van der Waals surface area contributed by atoms with Crippen LogP contribution < -0.4 is 0 Å². The summed E-state index contributed by atoms with van der Waals surface area (Å²) < 4.78 is 0. The summed E-state index contributed by atoms with van der Waals surface area (Å²) in [5, 5.41) is 0. The van der Waals surface area contributed by atoms with Gasteiger partial charge < -0.3 is 0 Å². The SMILES string of the molecule is CCP1(=[Se])C2CCCC1CCC2. The molecule has 2 bridgehead atoms. The molecular weight excluding hydrogens is 230 g/mol. The predicted octanol–water partition coefficient (Wildman–Crippen LogP) is 3.21. The summed E-state index contributed by atoms with van der Waals surface area (Å²) >= 11 is 3.66. The van der Waals surface area contributed by atoms with Crippen LogP contribution in [0.5, 0.6) is 0 Å². The van der Waals surface area contributed by atoms with Crippen LogP contribution in [-0.4, -0.2) is 32.6 Å². The van der Waals surface area contributed by atoms with Gasteiger partial charge in [0.2, 0.25) is 0 Å². The minimum absolute atomic E-state index is 0.584. The summed E-state index contributed by atoms with van der Waals surface area (Å²) in [5.41, 5.74) is 1.68. The summed E-state index contributed by atoms with van der Waals surface area (Å²) in [6.45, 7) is 2.42. The van der Waals surface area contributed by atoms with Crippen LogP contribution in [0.1, 0.15) is 45.4 Å². The van der Waals surface area contributed by atoms with Crippen molar-refractivity contribution in [1.82, 2.24) is 0 Å². The molecule has 2 aliphatic heterocycles. The molecule has 0 radical (unpaired) electrons. The molecule has 2 fully saturated rings. The Bertz CT molecular complexity index is 186. The van der Waals surface area contributed by atoms with E-state index in [1.165, 1.54) is 19.0 Å². The zero-order valence-electron chi connectivity index (χ0n) is 7.96. The number of fused-ring (bicyclic) bond motifs is 2. The van der Waals surface area contributed by atoms with Crippen molar-refractivity contribution < 1.29 is 0 Å². The van der Waals surface area contributed by atoms with E-state index in [1.54, 1.807) is 25.7 Å². The topological polar surface area (TPSA) is 0 Å². The van der Waals surface area contributed by atoms with E-state index in [1.807, 2.05) is 0 Å². The van der Waals surface area contributed by atoms with Gasteiger partial charge in [-0.3, -0.25) is 0 Å². The summed E-state index contributed by atoms with van der Waals surface area (Å²) in [6, 6.07) is 0. The Morgan fingerprint density at radius 3 is 1.75 bits per heavy atom. The Morgan fingerprint density at radius 2 is 1.50 bits per heavy atom. The van der Waals surface area contributed by atoms with Gasteiger partial charge in [0.05, 0.1) is 0 Å². The first-order chi connectivity index (χ1) is 5.77. The Labute approximate surface area is 83.7 Å².